The molecule has 0 aliphatic heterocycles. The minimum absolute atomic E-state index is 0.181. The molecule has 0 saturated heterocycles. The number of nitrogens with zero attached hydrogens (tertiary/aromatic N) is 1. The number of nitriles is 1. The molecule has 1 aromatic carbocycles. The molecule has 0 radical (unpaired) electrons. The fraction of sp³-hybridized carbons (Fsp3) is 0.214. The topological polar surface area (TPSA) is 49.0 Å². The van der Waals surface area contributed by atoms with Gasteiger partial charge >= 0.3 is 0 Å². The number of nitrogens with one attached hydrogen (secondary N) is 1. The summed E-state index contributed by atoms with van der Waals surface area (Å²) in [6.45, 7) is 2.82. The second kappa shape index (κ2) is 5.33. The van der Waals surface area contributed by atoms with Crippen LogP contribution in [0.3, 0.4) is 0 Å². The van der Waals surface area contributed by atoms with E-state index in [1.165, 1.54) is 0 Å². The van der Waals surface area contributed by atoms with Gasteiger partial charge in [-0.05, 0) is 36.8 Å². The molecule has 0 fully saturated rings. The average molecular weight is 226 g/mol. The van der Waals surface area contributed by atoms with Crippen molar-refractivity contribution < 1.29 is 4.42 Å². The summed E-state index contributed by atoms with van der Waals surface area (Å²) in [6.07, 6.45) is 1.68. The van der Waals surface area contributed by atoms with Gasteiger partial charge in [0.05, 0.1) is 23.9 Å². The second-order valence-electron chi connectivity index (χ2n) is 3.93. The van der Waals surface area contributed by atoms with Gasteiger partial charge in [0, 0.05) is 6.54 Å². The molecule has 0 amide bonds. The fourth-order valence-electron chi connectivity index (χ4n) is 1.61. The normalized spacial score (nSPS) is 12.0. The summed E-state index contributed by atoms with van der Waals surface area (Å²) in [5, 5.41) is 12.1. The Bertz CT molecular complexity index is 494. The summed E-state index contributed by atoms with van der Waals surface area (Å²) < 4.78 is 5.31. The summed E-state index contributed by atoms with van der Waals surface area (Å²) in [4.78, 5) is 0. The third-order valence-corrected chi connectivity index (χ3v) is 2.67. The van der Waals surface area contributed by atoms with Crippen LogP contribution >= 0.6 is 0 Å². The summed E-state index contributed by atoms with van der Waals surface area (Å²) in [5.74, 6) is 0.929. The van der Waals surface area contributed by atoms with Crippen molar-refractivity contribution in [3.05, 3.63) is 59.5 Å². The van der Waals surface area contributed by atoms with E-state index in [4.69, 9.17) is 9.68 Å². The maximum atomic E-state index is 8.69. The van der Waals surface area contributed by atoms with Crippen molar-refractivity contribution in [2.75, 3.05) is 0 Å². The van der Waals surface area contributed by atoms with Gasteiger partial charge in [0.25, 0.3) is 0 Å². The van der Waals surface area contributed by atoms with Crippen LogP contribution in [-0.4, -0.2) is 0 Å². The Labute approximate surface area is 101 Å². The number of hydrogen-bond acceptors (Lipinski definition) is 3. The van der Waals surface area contributed by atoms with Crippen molar-refractivity contribution >= 4 is 0 Å². The van der Waals surface area contributed by atoms with Crippen molar-refractivity contribution in [1.29, 1.82) is 5.26 Å². The Morgan fingerprint density at radius 2 is 2.06 bits per heavy atom. The van der Waals surface area contributed by atoms with E-state index in [1.54, 1.807) is 6.26 Å². The van der Waals surface area contributed by atoms with E-state index in [2.05, 4.69) is 18.3 Å². The van der Waals surface area contributed by atoms with Crippen LogP contribution in [0.4, 0.5) is 0 Å². The van der Waals surface area contributed by atoms with Gasteiger partial charge in [-0.15, -0.1) is 0 Å². The fourth-order valence-corrected chi connectivity index (χ4v) is 1.61. The molecule has 17 heavy (non-hydrogen) atoms. The first-order valence-corrected chi connectivity index (χ1v) is 5.55. The zero-order valence-electron chi connectivity index (χ0n) is 9.68. The first-order valence-electron chi connectivity index (χ1n) is 5.55. The maximum absolute atomic E-state index is 8.69. The highest BCUT2D eigenvalue weighted by Gasteiger charge is 2.06. The molecule has 0 aliphatic rings. The number of furan rings is 1. The van der Waals surface area contributed by atoms with Crippen LogP contribution in [0, 0.1) is 11.3 Å². The van der Waals surface area contributed by atoms with Crippen LogP contribution in [0.2, 0.25) is 0 Å². The van der Waals surface area contributed by atoms with Crippen LogP contribution in [0.25, 0.3) is 0 Å². The Hall–Kier alpha value is -2.05. The molecule has 0 saturated carbocycles. The summed E-state index contributed by atoms with van der Waals surface area (Å²) in [5.41, 5.74) is 1.84. The van der Waals surface area contributed by atoms with Crippen molar-refractivity contribution in [3.8, 4) is 6.07 Å². The molecule has 1 atom stereocenters. The maximum Gasteiger partial charge on any atom is 0.120 e. The molecular weight excluding hydrogens is 212 g/mol. The van der Waals surface area contributed by atoms with E-state index in [0.717, 1.165) is 17.9 Å². The van der Waals surface area contributed by atoms with Crippen LogP contribution in [-0.2, 0) is 6.54 Å². The van der Waals surface area contributed by atoms with Crippen molar-refractivity contribution in [1.82, 2.24) is 5.32 Å². The van der Waals surface area contributed by atoms with Gasteiger partial charge < -0.3 is 9.73 Å². The van der Waals surface area contributed by atoms with Gasteiger partial charge in [0.1, 0.15) is 5.76 Å². The molecule has 1 aromatic heterocycles. The van der Waals surface area contributed by atoms with Gasteiger partial charge in [0.15, 0.2) is 0 Å². The van der Waals surface area contributed by atoms with Crippen LogP contribution in [0.15, 0.2) is 47.1 Å². The lowest BCUT2D eigenvalue weighted by Crippen LogP contribution is -2.17. The molecule has 0 unspecified atom stereocenters. The highest BCUT2D eigenvalue weighted by atomic mass is 16.3. The van der Waals surface area contributed by atoms with E-state index in [0.29, 0.717) is 5.56 Å². The monoisotopic (exact) mass is 226 g/mol. The average Bonchev–Trinajstić information content (AvgIpc) is 2.90. The van der Waals surface area contributed by atoms with Crippen molar-refractivity contribution in [2.24, 2.45) is 0 Å². The molecule has 1 N–H and O–H groups in total. The standard InChI is InChI=1S/C14H14N2O/c1-11(14-3-2-8-17-14)16-10-13-6-4-12(9-15)5-7-13/h2-8,11,16H,10H2,1H3/t11-/m0/s1. The number of rotatable bonds is 4. The lowest BCUT2D eigenvalue weighted by molar-refractivity contribution is 0.430. The zero-order valence-corrected chi connectivity index (χ0v) is 9.68. The summed E-state index contributed by atoms with van der Waals surface area (Å²) in [6, 6.07) is 13.7. The van der Waals surface area contributed by atoms with E-state index in [-0.39, 0.29) is 6.04 Å². The molecule has 3 nitrogen and oxygen atoms in total. The quantitative estimate of drug-likeness (QED) is 0.871. The molecule has 0 aliphatic carbocycles. The van der Waals surface area contributed by atoms with E-state index >= 15 is 0 Å². The molecule has 2 aromatic rings. The minimum Gasteiger partial charge on any atom is -0.468 e. The highest BCUT2D eigenvalue weighted by molar-refractivity contribution is 5.31. The molecular formula is C14H14N2O. The molecule has 1 heterocycles. The van der Waals surface area contributed by atoms with Crippen LogP contribution in [0.5, 0.6) is 0 Å². The predicted octanol–water partition coefficient (Wildman–Crippen LogP) is 3.00. The number of benzene rings is 1. The van der Waals surface area contributed by atoms with E-state index < -0.39 is 0 Å². The first kappa shape index (κ1) is 11.4. The lowest BCUT2D eigenvalue weighted by atomic mass is 10.1. The second-order valence-corrected chi connectivity index (χ2v) is 3.93. The van der Waals surface area contributed by atoms with Gasteiger partial charge in [0.2, 0.25) is 0 Å². The first-order chi connectivity index (χ1) is 8.29. The van der Waals surface area contributed by atoms with Gasteiger partial charge in [-0.2, -0.15) is 5.26 Å². The molecule has 3 heteroatoms. The Morgan fingerprint density at radius 3 is 2.65 bits per heavy atom. The van der Waals surface area contributed by atoms with Gasteiger partial charge in [-0.3, -0.25) is 0 Å². The SMILES string of the molecule is C[C@H](NCc1ccc(C#N)cc1)c1ccco1. The number of hydrogen-bond donors (Lipinski definition) is 1. The summed E-state index contributed by atoms with van der Waals surface area (Å²) >= 11 is 0. The zero-order chi connectivity index (χ0) is 12.1. The molecule has 0 bridgehead atoms. The van der Waals surface area contributed by atoms with Crippen LogP contribution < -0.4 is 5.32 Å². The van der Waals surface area contributed by atoms with Crippen molar-refractivity contribution in [3.63, 3.8) is 0 Å². The van der Waals surface area contributed by atoms with Crippen LogP contribution in [0.1, 0.15) is 29.9 Å². The third-order valence-electron chi connectivity index (χ3n) is 2.67. The Kier molecular flexibility index (Phi) is 3.59. The largest absolute Gasteiger partial charge is 0.468 e. The minimum atomic E-state index is 0.181. The Balaban J connectivity index is 1.91. The third kappa shape index (κ3) is 2.96. The smallest absolute Gasteiger partial charge is 0.120 e. The lowest BCUT2D eigenvalue weighted by Gasteiger charge is -2.11. The summed E-state index contributed by atoms with van der Waals surface area (Å²) in [7, 11) is 0. The highest BCUT2D eigenvalue weighted by Crippen LogP contribution is 2.13. The van der Waals surface area contributed by atoms with E-state index in [1.807, 2.05) is 36.4 Å². The van der Waals surface area contributed by atoms with Gasteiger partial charge in [-0.25, -0.2) is 0 Å². The molecule has 0 spiro atoms. The molecule has 86 valence electrons. The van der Waals surface area contributed by atoms with E-state index in [9.17, 15) is 0 Å². The molecule has 2 rings (SSSR count). The predicted molar refractivity (Wildman–Crippen MR) is 65.1 cm³/mol. The van der Waals surface area contributed by atoms with Crippen molar-refractivity contribution in [2.45, 2.75) is 19.5 Å². The Morgan fingerprint density at radius 1 is 1.29 bits per heavy atom. The van der Waals surface area contributed by atoms with Gasteiger partial charge in [-0.1, -0.05) is 12.1 Å².